The third-order valence-corrected chi connectivity index (χ3v) is 4.03. The number of amides is 2. The van der Waals surface area contributed by atoms with E-state index in [1.54, 1.807) is 7.11 Å². The Hall–Kier alpha value is -1.88. The lowest BCUT2D eigenvalue weighted by molar-refractivity contribution is -0.131. The minimum Gasteiger partial charge on any atom is -0.380 e. The Kier molecular flexibility index (Phi) is 10.6. The van der Waals surface area contributed by atoms with E-state index in [1.807, 2.05) is 29.2 Å². The quantitative estimate of drug-likeness (QED) is 0.631. The van der Waals surface area contributed by atoms with Gasteiger partial charge in [-0.15, -0.1) is 0 Å². The van der Waals surface area contributed by atoms with Gasteiger partial charge >= 0.3 is 0 Å². The molecule has 1 aromatic rings. The zero-order valence-electron chi connectivity index (χ0n) is 15.8. The number of nitrogens with one attached hydrogen (secondary N) is 1. The molecule has 2 amide bonds. The molecule has 140 valence electrons. The van der Waals surface area contributed by atoms with E-state index in [0.29, 0.717) is 32.4 Å². The van der Waals surface area contributed by atoms with E-state index in [0.717, 1.165) is 37.1 Å². The predicted octanol–water partition coefficient (Wildman–Crippen LogP) is 3.27. The molecule has 5 nitrogen and oxygen atoms in total. The molecule has 0 heterocycles. The molecular formula is C20H32N2O3. The monoisotopic (exact) mass is 348 g/mol. The van der Waals surface area contributed by atoms with Gasteiger partial charge in [0.25, 0.3) is 0 Å². The fourth-order valence-corrected chi connectivity index (χ4v) is 2.77. The van der Waals surface area contributed by atoms with Crippen molar-refractivity contribution in [3.8, 4) is 0 Å². The normalized spacial score (nSPS) is 10.5. The number of carbonyl (C=O) groups excluding carboxylic acids is 2. The van der Waals surface area contributed by atoms with Gasteiger partial charge in [0.05, 0.1) is 6.61 Å². The van der Waals surface area contributed by atoms with Gasteiger partial charge < -0.3 is 15.0 Å². The summed E-state index contributed by atoms with van der Waals surface area (Å²) in [4.78, 5) is 26.1. The number of ether oxygens (including phenoxy) is 1. The lowest BCUT2D eigenvalue weighted by Gasteiger charge is -2.21. The highest BCUT2D eigenvalue weighted by molar-refractivity contribution is 5.79. The van der Waals surface area contributed by atoms with Crippen LogP contribution in [0.4, 0.5) is 0 Å². The van der Waals surface area contributed by atoms with Crippen molar-refractivity contribution < 1.29 is 14.3 Å². The van der Waals surface area contributed by atoms with Crippen molar-refractivity contribution in [2.24, 2.45) is 0 Å². The molecule has 0 saturated heterocycles. The van der Waals surface area contributed by atoms with Crippen molar-refractivity contribution >= 4 is 11.8 Å². The highest BCUT2D eigenvalue weighted by Gasteiger charge is 2.12. The summed E-state index contributed by atoms with van der Waals surface area (Å²) in [5.41, 5.74) is 2.14. The van der Waals surface area contributed by atoms with Crippen LogP contribution in [0.3, 0.4) is 0 Å². The van der Waals surface area contributed by atoms with Gasteiger partial charge in [0.15, 0.2) is 0 Å². The Morgan fingerprint density at radius 2 is 1.68 bits per heavy atom. The van der Waals surface area contributed by atoms with Crippen LogP contribution >= 0.6 is 0 Å². The second-order valence-corrected chi connectivity index (χ2v) is 6.21. The van der Waals surface area contributed by atoms with Crippen LogP contribution in [0.5, 0.6) is 0 Å². The Balaban J connectivity index is 2.34. The van der Waals surface area contributed by atoms with Gasteiger partial charge in [0.2, 0.25) is 11.8 Å². The van der Waals surface area contributed by atoms with Crippen molar-refractivity contribution in [1.82, 2.24) is 10.2 Å². The van der Waals surface area contributed by atoms with Gasteiger partial charge in [-0.05, 0) is 30.4 Å². The van der Waals surface area contributed by atoms with Crippen molar-refractivity contribution in [3.05, 3.63) is 35.4 Å². The van der Waals surface area contributed by atoms with Crippen molar-refractivity contribution in [2.75, 3.05) is 20.2 Å². The molecule has 0 spiro atoms. The minimum absolute atomic E-state index is 0.0162. The lowest BCUT2D eigenvalue weighted by Crippen LogP contribution is -2.32. The second kappa shape index (κ2) is 12.5. The molecule has 0 aliphatic carbocycles. The van der Waals surface area contributed by atoms with Crippen LogP contribution < -0.4 is 5.32 Å². The maximum atomic E-state index is 12.2. The van der Waals surface area contributed by atoms with Gasteiger partial charge in [-0.25, -0.2) is 0 Å². The Morgan fingerprint density at radius 3 is 2.28 bits per heavy atom. The number of carbonyl (C=O) groups is 2. The molecular weight excluding hydrogens is 316 g/mol. The average Bonchev–Trinajstić information content (AvgIpc) is 2.61. The highest BCUT2D eigenvalue weighted by atomic mass is 16.5. The van der Waals surface area contributed by atoms with Crippen LogP contribution in [-0.4, -0.2) is 36.9 Å². The van der Waals surface area contributed by atoms with Crippen LogP contribution in [-0.2, 0) is 27.5 Å². The van der Waals surface area contributed by atoms with E-state index < -0.39 is 0 Å². The number of methoxy groups -OCH3 is 1. The van der Waals surface area contributed by atoms with Gasteiger partial charge in [-0.3, -0.25) is 9.59 Å². The second-order valence-electron chi connectivity index (χ2n) is 6.21. The first-order valence-electron chi connectivity index (χ1n) is 9.22. The van der Waals surface area contributed by atoms with Crippen LogP contribution in [0.2, 0.25) is 0 Å². The van der Waals surface area contributed by atoms with E-state index >= 15 is 0 Å². The number of rotatable bonds is 12. The van der Waals surface area contributed by atoms with Gasteiger partial charge in [-0.1, -0.05) is 38.1 Å². The molecule has 0 aromatic heterocycles. The molecule has 1 aromatic carbocycles. The number of hydrogen-bond acceptors (Lipinski definition) is 3. The van der Waals surface area contributed by atoms with Gasteiger partial charge in [0.1, 0.15) is 0 Å². The summed E-state index contributed by atoms with van der Waals surface area (Å²) in [6.07, 6.45) is 3.34. The Morgan fingerprint density at radius 1 is 1.04 bits per heavy atom. The summed E-state index contributed by atoms with van der Waals surface area (Å²) in [5, 5.41) is 2.93. The third kappa shape index (κ3) is 8.16. The number of hydrogen-bond donors (Lipinski definition) is 1. The summed E-state index contributed by atoms with van der Waals surface area (Å²) < 4.78 is 5.17. The summed E-state index contributed by atoms with van der Waals surface area (Å²) in [7, 11) is 1.66. The highest BCUT2D eigenvalue weighted by Crippen LogP contribution is 2.10. The summed E-state index contributed by atoms with van der Waals surface area (Å²) in [6.45, 7) is 6.77. The maximum Gasteiger partial charge on any atom is 0.222 e. The largest absolute Gasteiger partial charge is 0.380 e. The Bertz CT molecular complexity index is 525. The van der Waals surface area contributed by atoms with Crippen LogP contribution in [0.15, 0.2) is 24.3 Å². The topological polar surface area (TPSA) is 58.6 Å². The molecule has 1 N–H and O–H groups in total. The first kappa shape index (κ1) is 21.2. The molecule has 0 fully saturated rings. The standard InChI is InChI=1S/C20H32N2O3/c1-4-13-22(14-5-2)20(24)12-8-11-19(23)21-15-17-9-6-7-10-18(17)16-25-3/h6-7,9-10H,4-5,8,11-16H2,1-3H3,(H,21,23). The molecule has 0 saturated carbocycles. The lowest BCUT2D eigenvalue weighted by atomic mass is 10.1. The summed E-state index contributed by atoms with van der Waals surface area (Å²) >= 11 is 0. The van der Waals surface area contributed by atoms with Crippen LogP contribution in [0.25, 0.3) is 0 Å². The van der Waals surface area contributed by atoms with Crippen LogP contribution in [0, 0.1) is 0 Å². The zero-order chi connectivity index (χ0) is 18.5. The third-order valence-electron chi connectivity index (χ3n) is 4.03. The zero-order valence-corrected chi connectivity index (χ0v) is 15.8. The fraction of sp³-hybridized carbons (Fsp3) is 0.600. The predicted molar refractivity (Wildman–Crippen MR) is 100 cm³/mol. The molecule has 5 heteroatoms. The fourth-order valence-electron chi connectivity index (χ4n) is 2.77. The van der Waals surface area contributed by atoms with Gasteiger partial charge in [-0.2, -0.15) is 0 Å². The molecule has 0 unspecified atom stereocenters. The van der Waals surface area contributed by atoms with Crippen molar-refractivity contribution in [3.63, 3.8) is 0 Å². The van der Waals surface area contributed by atoms with E-state index in [1.165, 1.54) is 0 Å². The minimum atomic E-state index is -0.0162. The molecule has 1 rings (SSSR count). The molecule has 0 aliphatic rings. The first-order valence-corrected chi connectivity index (χ1v) is 9.22. The molecule has 0 radical (unpaired) electrons. The van der Waals surface area contributed by atoms with Crippen molar-refractivity contribution in [1.29, 1.82) is 0 Å². The molecule has 0 bridgehead atoms. The Labute approximate surface area is 151 Å². The smallest absolute Gasteiger partial charge is 0.222 e. The summed E-state index contributed by atoms with van der Waals surface area (Å²) in [6, 6.07) is 7.91. The molecule has 0 aliphatic heterocycles. The van der Waals surface area contributed by atoms with E-state index in [-0.39, 0.29) is 11.8 Å². The average molecular weight is 348 g/mol. The van der Waals surface area contributed by atoms with E-state index in [2.05, 4.69) is 19.2 Å². The van der Waals surface area contributed by atoms with Crippen LogP contribution in [0.1, 0.15) is 57.1 Å². The van der Waals surface area contributed by atoms with E-state index in [4.69, 9.17) is 4.74 Å². The SMILES string of the molecule is CCCN(CCC)C(=O)CCCC(=O)NCc1ccccc1COC. The number of nitrogens with zero attached hydrogens (tertiary/aromatic N) is 1. The molecule has 0 atom stereocenters. The first-order chi connectivity index (χ1) is 12.1. The molecule has 25 heavy (non-hydrogen) atoms. The number of benzene rings is 1. The van der Waals surface area contributed by atoms with Crippen molar-refractivity contribution in [2.45, 2.75) is 59.1 Å². The van der Waals surface area contributed by atoms with Gasteiger partial charge in [0, 0.05) is 39.6 Å². The van der Waals surface area contributed by atoms with E-state index in [9.17, 15) is 9.59 Å². The maximum absolute atomic E-state index is 12.2. The summed E-state index contributed by atoms with van der Waals surface area (Å²) in [5.74, 6) is 0.138.